The first-order valence-corrected chi connectivity index (χ1v) is 9.12. The summed E-state index contributed by atoms with van der Waals surface area (Å²) in [6.45, 7) is 2.75. The number of hydrogen-bond donors (Lipinski definition) is 2. The van der Waals surface area contributed by atoms with Gasteiger partial charge >= 0.3 is 5.70 Å². The van der Waals surface area contributed by atoms with Crippen LogP contribution in [0, 0.1) is 10.1 Å². The van der Waals surface area contributed by atoms with Crippen molar-refractivity contribution in [2.45, 2.75) is 25.8 Å². The van der Waals surface area contributed by atoms with E-state index in [4.69, 9.17) is 0 Å². The first-order chi connectivity index (χ1) is 13.2. The third kappa shape index (κ3) is 3.01. The first kappa shape index (κ1) is 17.1. The summed E-state index contributed by atoms with van der Waals surface area (Å²) in [7, 11) is 0. The maximum Gasteiger partial charge on any atom is 0.313 e. The topological polar surface area (TPSA) is 85.0 Å². The van der Waals surface area contributed by atoms with E-state index in [0.717, 1.165) is 29.4 Å². The molecule has 2 aromatic carbocycles. The van der Waals surface area contributed by atoms with Gasteiger partial charge in [-0.1, -0.05) is 55.8 Å². The average molecular weight is 363 g/mol. The van der Waals surface area contributed by atoms with Gasteiger partial charge in [0.1, 0.15) is 0 Å². The summed E-state index contributed by atoms with van der Waals surface area (Å²) in [4.78, 5) is 16.4. The lowest BCUT2D eigenvalue weighted by atomic mass is 10.0. The van der Waals surface area contributed by atoms with Gasteiger partial charge in [-0.15, -0.1) is 0 Å². The number of nitrogens with zero attached hydrogens (tertiary/aromatic N) is 3. The van der Waals surface area contributed by atoms with Gasteiger partial charge in [-0.05, 0) is 24.1 Å². The molecule has 1 unspecified atom stereocenters. The van der Waals surface area contributed by atoms with Gasteiger partial charge in [0.2, 0.25) is 5.95 Å². The highest BCUT2D eigenvalue weighted by molar-refractivity contribution is 5.80. The fourth-order valence-corrected chi connectivity index (χ4v) is 3.49. The summed E-state index contributed by atoms with van der Waals surface area (Å²) >= 11 is 0. The molecule has 0 bridgehead atoms. The number of allylic oxidation sites excluding steroid dienone is 1. The number of hydrogen-bond acceptors (Lipinski definition) is 5. The van der Waals surface area contributed by atoms with Crippen molar-refractivity contribution < 1.29 is 4.92 Å². The largest absolute Gasteiger partial charge is 0.366 e. The van der Waals surface area contributed by atoms with Crippen molar-refractivity contribution in [3.8, 4) is 0 Å². The van der Waals surface area contributed by atoms with Gasteiger partial charge in [-0.3, -0.25) is 14.7 Å². The monoisotopic (exact) mass is 363 g/mol. The van der Waals surface area contributed by atoms with Gasteiger partial charge in [-0.2, -0.15) is 0 Å². The molecule has 1 aliphatic heterocycles. The molecule has 3 aromatic rings. The van der Waals surface area contributed by atoms with Crippen molar-refractivity contribution in [1.29, 1.82) is 0 Å². The number of benzene rings is 2. The zero-order valence-corrected chi connectivity index (χ0v) is 15.1. The van der Waals surface area contributed by atoms with E-state index in [-0.39, 0.29) is 10.6 Å². The molecule has 0 saturated carbocycles. The number of nitro groups is 1. The molecule has 0 fully saturated rings. The molecule has 4 rings (SSSR count). The molecule has 0 spiro atoms. The van der Waals surface area contributed by atoms with E-state index in [9.17, 15) is 10.1 Å². The highest BCUT2D eigenvalue weighted by atomic mass is 16.6. The summed E-state index contributed by atoms with van der Waals surface area (Å²) in [5.74, 6) is 1.03. The second-order valence-electron chi connectivity index (χ2n) is 6.53. The van der Waals surface area contributed by atoms with E-state index in [2.05, 4.69) is 22.5 Å². The van der Waals surface area contributed by atoms with Crippen LogP contribution < -0.4 is 10.6 Å². The Balaban J connectivity index is 1.92. The number of rotatable bonds is 6. The molecule has 0 radical (unpaired) electrons. The Morgan fingerprint density at radius 2 is 1.93 bits per heavy atom. The summed E-state index contributed by atoms with van der Waals surface area (Å²) in [5.41, 5.74) is 2.62. The highest BCUT2D eigenvalue weighted by Crippen LogP contribution is 2.38. The highest BCUT2D eigenvalue weighted by Gasteiger charge is 2.39. The lowest BCUT2D eigenvalue weighted by Gasteiger charge is -2.27. The smallest absolute Gasteiger partial charge is 0.313 e. The summed E-state index contributed by atoms with van der Waals surface area (Å²) in [6, 6.07) is 16.7. The molecule has 0 saturated heterocycles. The minimum absolute atomic E-state index is 0.105. The Labute approximate surface area is 156 Å². The number of para-hydroxylation sites is 2. The van der Waals surface area contributed by atoms with Crippen molar-refractivity contribution in [1.82, 2.24) is 14.9 Å². The second kappa shape index (κ2) is 7.11. The van der Waals surface area contributed by atoms with E-state index >= 15 is 0 Å². The normalized spacial score (nSPS) is 16.1. The van der Waals surface area contributed by atoms with Crippen molar-refractivity contribution >= 4 is 17.0 Å². The maximum absolute atomic E-state index is 12.1. The van der Waals surface area contributed by atoms with Crippen LogP contribution in [0.5, 0.6) is 0 Å². The molecule has 2 heterocycles. The van der Waals surface area contributed by atoms with Crippen LogP contribution in [0.1, 0.15) is 31.4 Å². The van der Waals surface area contributed by atoms with E-state index in [0.29, 0.717) is 18.3 Å². The van der Waals surface area contributed by atoms with Crippen LogP contribution in [0.4, 0.5) is 5.95 Å². The molecular formula is C20H21N5O2. The third-order valence-corrected chi connectivity index (χ3v) is 4.75. The Hall–Kier alpha value is -3.35. The van der Waals surface area contributed by atoms with Gasteiger partial charge in [0.15, 0.2) is 11.9 Å². The van der Waals surface area contributed by atoms with E-state index in [1.165, 1.54) is 0 Å². The SMILES string of the molecule is CCCCNC1=C([N+](=O)[O-])C(c2ccccc2)n2c(nc3ccccc32)N1. The zero-order chi connectivity index (χ0) is 18.8. The standard InChI is InChI=1S/C20H21N5O2/c1-2-3-13-21-19-18(25(26)27)17(14-9-5-4-6-10-14)24-16-12-8-7-11-15(16)22-20(24)23-19/h4-12,17,21H,2-3,13H2,1H3,(H,22,23). The fourth-order valence-electron chi connectivity index (χ4n) is 3.49. The molecule has 138 valence electrons. The molecule has 2 N–H and O–H groups in total. The van der Waals surface area contributed by atoms with Crippen molar-refractivity contribution in [3.63, 3.8) is 0 Å². The Kier molecular flexibility index (Phi) is 4.50. The van der Waals surface area contributed by atoms with Gasteiger partial charge in [0.25, 0.3) is 0 Å². The van der Waals surface area contributed by atoms with Gasteiger partial charge in [0, 0.05) is 6.54 Å². The van der Waals surface area contributed by atoms with Crippen LogP contribution in [0.3, 0.4) is 0 Å². The lowest BCUT2D eigenvalue weighted by Crippen LogP contribution is -2.34. The Morgan fingerprint density at radius 1 is 1.19 bits per heavy atom. The second-order valence-corrected chi connectivity index (χ2v) is 6.53. The zero-order valence-electron chi connectivity index (χ0n) is 15.1. The molecule has 1 atom stereocenters. The van der Waals surface area contributed by atoms with E-state index in [1.807, 2.05) is 59.2 Å². The van der Waals surface area contributed by atoms with E-state index < -0.39 is 6.04 Å². The summed E-state index contributed by atoms with van der Waals surface area (Å²) in [6.07, 6.45) is 1.94. The molecular weight excluding hydrogens is 342 g/mol. The lowest BCUT2D eigenvalue weighted by molar-refractivity contribution is -0.432. The summed E-state index contributed by atoms with van der Waals surface area (Å²) < 4.78 is 1.91. The number of aromatic nitrogens is 2. The number of imidazole rings is 1. The molecule has 0 aliphatic carbocycles. The first-order valence-electron chi connectivity index (χ1n) is 9.12. The molecule has 27 heavy (non-hydrogen) atoms. The van der Waals surface area contributed by atoms with Crippen molar-refractivity contribution in [2.24, 2.45) is 0 Å². The predicted molar refractivity (Wildman–Crippen MR) is 105 cm³/mol. The number of unbranched alkanes of at least 4 members (excludes halogenated alkanes) is 1. The molecule has 7 heteroatoms. The molecule has 0 amide bonds. The molecule has 1 aliphatic rings. The van der Waals surface area contributed by atoms with E-state index in [1.54, 1.807) is 0 Å². The predicted octanol–water partition coefficient (Wildman–Crippen LogP) is 3.89. The number of fused-ring (bicyclic) bond motifs is 3. The minimum Gasteiger partial charge on any atom is -0.366 e. The summed E-state index contributed by atoms with van der Waals surface area (Å²) in [5, 5.41) is 18.5. The van der Waals surface area contributed by atoms with Gasteiger partial charge in [0.05, 0.1) is 16.0 Å². The van der Waals surface area contributed by atoms with Gasteiger partial charge < -0.3 is 10.6 Å². The third-order valence-electron chi connectivity index (χ3n) is 4.75. The Bertz CT molecular complexity index is 1010. The van der Waals surface area contributed by atoms with Gasteiger partial charge in [-0.25, -0.2) is 4.98 Å². The van der Waals surface area contributed by atoms with Crippen LogP contribution in [-0.2, 0) is 0 Å². The van der Waals surface area contributed by atoms with Crippen LogP contribution in [0.2, 0.25) is 0 Å². The average Bonchev–Trinajstić information content (AvgIpc) is 3.05. The van der Waals surface area contributed by atoms with Crippen molar-refractivity contribution in [3.05, 3.63) is 81.8 Å². The van der Waals surface area contributed by atoms with Crippen LogP contribution in [-0.4, -0.2) is 21.0 Å². The Morgan fingerprint density at radius 3 is 2.67 bits per heavy atom. The van der Waals surface area contributed by atoms with Crippen LogP contribution >= 0.6 is 0 Å². The fraction of sp³-hybridized carbons (Fsp3) is 0.250. The minimum atomic E-state index is -0.561. The molecule has 1 aromatic heterocycles. The van der Waals surface area contributed by atoms with Crippen LogP contribution in [0.25, 0.3) is 11.0 Å². The molecule has 7 nitrogen and oxygen atoms in total. The van der Waals surface area contributed by atoms with Crippen molar-refractivity contribution in [2.75, 3.05) is 11.9 Å². The number of anilines is 1. The quantitative estimate of drug-likeness (QED) is 0.394. The number of nitrogens with one attached hydrogen (secondary N) is 2. The maximum atomic E-state index is 12.1. The van der Waals surface area contributed by atoms with Crippen LogP contribution in [0.15, 0.2) is 66.1 Å².